The van der Waals surface area contributed by atoms with Crippen molar-refractivity contribution >= 4 is 10.0 Å². The molecule has 0 aromatic heterocycles. The summed E-state index contributed by atoms with van der Waals surface area (Å²) < 4.78 is 27.0. The fourth-order valence-corrected chi connectivity index (χ4v) is 4.47. The van der Waals surface area contributed by atoms with E-state index in [2.05, 4.69) is 12.2 Å². The monoisotopic (exact) mass is 322 g/mol. The molecule has 1 aliphatic heterocycles. The van der Waals surface area contributed by atoms with Crippen LogP contribution in [0.4, 0.5) is 0 Å². The van der Waals surface area contributed by atoms with Gasteiger partial charge in [-0.25, -0.2) is 8.42 Å². The second kappa shape index (κ2) is 6.69. The standard InChI is InChI=1S/C17H26N2O2S/c1-2-14-5-7-17(8-6-14)22(20,21)19-11-9-16(10-12-19)18-13-15-3-4-15/h5-8,15-16,18H,2-4,9-13H2,1H3. The van der Waals surface area contributed by atoms with Gasteiger partial charge < -0.3 is 5.32 Å². The summed E-state index contributed by atoms with van der Waals surface area (Å²) in [4.78, 5) is 0.425. The predicted molar refractivity (Wildman–Crippen MR) is 88.3 cm³/mol. The van der Waals surface area contributed by atoms with Crippen LogP contribution in [0.15, 0.2) is 29.2 Å². The van der Waals surface area contributed by atoms with E-state index >= 15 is 0 Å². The van der Waals surface area contributed by atoms with Gasteiger partial charge in [-0.15, -0.1) is 0 Å². The minimum Gasteiger partial charge on any atom is -0.314 e. The maximum Gasteiger partial charge on any atom is 0.243 e. The highest BCUT2D eigenvalue weighted by Crippen LogP contribution is 2.28. The first-order valence-corrected chi connectivity index (χ1v) is 9.86. The van der Waals surface area contributed by atoms with E-state index in [-0.39, 0.29) is 0 Å². The third kappa shape index (κ3) is 3.70. The molecule has 1 aliphatic carbocycles. The van der Waals surface area contributed by atoms with Crippen LogP contribution in [0.25, 0.3) is 0 Å². The summed E-state index contributed by atoms with van der Waals surface area (Å²) in [6.45, 7) is 4.43. The maximum absolute atomic E-state index is 12.7. The van der Waals surface area contributed by atoms with Gasteiger partial charge in [-0.3, -0.25) is 0 Å². The van der Waals surface area contributed by atoms with Crippen molar-refractivity contribution in [1.82, 2.24) is 9.62 Å². The Kier molecular flexibility index (Phi) is 4.85. The number of rotatable bonds is 6. The molecule has 0 amide bonds. The highest BCUT2D eigenvalue weighted by Gasteiger charge is 2.30. The molecule has 4 nitrogen and oxygen atoms in total. The first-order chi connectivity index (χ1) is 10.6. The average Bonchev–Trinajstić information content (AvgIpc) is 3.38. The van der Waals surface area contributed by atoms with Gasteiger partial charge in [0.05, 0.1) is 4.90 Å². The number of nitrogens with zero attached hydrogens (tertiary/aromatic N) is 1. The molecule has 122 valence electrons. The second-order valence-corrected chi connectivity index (χ2v) is 8.47. The normalized spacial score (nSPS) is 21.1. The van der Waals surface area contributed by atoms with Gasteiger partial charge in [-0.1, -0.05) is 19.1 Å². The third-order valence-corrected chi connectivity index (χ3v) is 6.73. The number of sulfonamides is 1. The van der Waals surface area contributed by atoms with Crippen molar-refractivity contribution in [3.63, 3.8) is 0 Å². The van der Waals surface area contributed by atoms with E-state index in [1.165, 1.54) is 18.4 Å². The van der Waals surface area contributed by atoms with E-state index in [1.54, 1.807) is 16.4 Å². The van der Waals surface area contributed by atoms with E-state index < -0.39 is 10.0 Å². The Bertz CT molecular complexity index is 586. The van der Waals surface area contributed by atoms with Crippen molar-refractivity contribution in [2.24, 2.45) is 5.92 Å². The molecule has 0 radical (unpaired) electrons. The fourth-order valence-electron chi connectivity index (χ4n) is 3.00. The Morgan fingerprint density at radius 1 is 1.09 bits per heavy atom. The zero-order valence-corrected chi connectivity index (χ0v) is 14.1. The van der Waals surface area contributed by atoms with Crippen LogP contribution >= 0.6 is 0 Å². The number of benzene rings is 1. The molecule has 1 saturated carbocycles. The number of nitrogens with one attached hydrogen (secondary N) is 1. The van der Waals surface area contributed by atoms with Gasteiger partial charge in [-0.05, 0) is 62.3 Å². The zero-order valence-electron chi connectivity index (χ0n) is 13.3. The molecule has 1 heterocycles. The van der Waals surface area contributed by atoms with E-state index in [1.807, 2.05) is 12.1 Å². The first kappa shape index (κ1) is 16.0. The van der Waals surface area contributed by atoms with Crippen LogP contribution in [0.5, 0.6) is 0 Å². The lowest BCUT2D eigenvalue weighted by Crippen LogP contribution is -2.45. The van der Waals surface area contributed by atoms with Crippen LogP contribution in [0.1, 0.15) is 38.2 Å². The molecule has 3 rings (SSSR count). The summed E-state index contributed by atoms with van der Waals surface area (Å²) in [5.41, 5.74) is 1.17. The SMILES string of the molecule is CCc1ccc(S(=O)(=O)N2CCC(NCC3CC3)CC2)cc1. The molecule has 1 N–H and O–H groups in total. The number of hydrogen-bond donors (Lipinski definition) is 1. The summed E-state index contributed by atoms with van der Waals surface area (Å²) in [5, 5.41) is 3.59. The molecule has 1 saturated heterocycles. The van der Waals surface area contributed by atoms with E-state index in [0.717, 1.165) is 31.7 Å². The summed E-state index contributed by atoms with van der Waals surface area (Å²) in [7, 11) is -3.32. The molecule has 0 bridgehead atoms. The van der Waals surface area contributed by atoms with Crippen molar-refractivity contribution < 1.29 is 8.42 Å². The van der Waals surface area contributed by atoms with Crippen LogP contribution in [-0.4, -0.2) is 38.4 Å². The van der Waals surface area contributed by atoms with Crippen molar-refractivity contribution in [3.8, 4) is 0 Å². The molecule has 1 aromatic carbocycles. The average molecular weight is 322 g/mol. The van der Waals surface area contributed by atoms with Crippen LogP contribution in [0, 0.1) is 5.92 Å². The van der Waals surface area contributed by atoms with Crippen molar-refractivity contribution in [1.29, 1.82) is 0 Å². The summed E-state index contributed by atoms with van der Waals surface area (Å²) >= 11 is 0. The van der Waals surface area contributed by atoms with E-state index in [0.29, 0.717) is 24.0 Å². The number of hydrogen-bond acceptors (Lipinski definition) is 3. The quantitative estimate of drug-likeness (QED) is 0.875. The molecular weight excluding hydrogens is 296 g/mol. The predicted octanol–water partition coefficient (Wildman–Crippen LogP) is 2.40. The Hall–Kier alpha value is -0.910. The van der Waals surface area contributed by atoms with Gasteiger partial charge in [-0.2, -0.15) is 4.31 Å². The smallest absolute Gasteiger partial charge is 0.243 e. The molecule has 1 aromatic rings. The van der Waals surface area contributed by atoms with Gasteiger partial charge in [0.15, 0.2) is 0 Å². The van der Waals surface area contributed by atoms with E-state index in [4.69, 9.17) is 0 Å². The molecule has 22 heavy (non-hydrogen) atoms. The van der Waals surface area contributed by atoms with Crippen LogP contribution in [-0.2, 0) is 16.4 Å². The molecule has 0 atom stereocenters. The van der Waals surface area contributed by atoms with Crippen molar-refractivity contribution in [3.05, 3.63) is 29.8 Å². The van der Waals surface area contributed by atoms with Crippen molar-refractivity contribution in [2.45, 2.75) is 50.0 Å². The minimum absolute atomic E-state index is 0.425. The topological polar surface area (TPSA) is 49.4 Å². The van der Waals surface area contributed by atoms with Crippen LogP contribution in [0.2, 0.25) is 0 Å². The van der Waals surface area contributed by atoms with Crippen LogP contribution in [0.3, 0.4) is 0 Å². The van der Waals surface area contributed by atoms with Crippen molar-refractivity contribution in [2.75, 3.05) is 19.6 Å². The van der Waals surface area contributed by atoms with Gasteiger partial charge >= 0.3 is 0 Å². The Morgan fingerprint density at radius 2 is 1.73 bits per heavy atom. The Morgan fingerprint density at radius 3 is 2.27 bits per heavy atom. The highest BCUT2D eigenvalue weighted by molar-refractivity contribution is 7.89. The summed E-state index contributed by atoms with van der Waals surface area (Å²) in [6, 6.07) is 7.79. The van der Waals surface area contributed by atoms with Gasteiger partial charge in [0.1, 0.15) is 0 Å². The number of aryl methyl sites for hydroxylation is 1. The second-order valence-electron chi connectivity index (χ2n) is 6.53. The third-order valence-electron chi connectivity index (χ3n) is 4.82. The lowest BCUT2D eigenvalue weighted by Gasteiger charge is -2.31. The molecule has 2 fully saturated rings. The highest BCUT2D eigenvalue weighted by atomic mass is 32.2. The Balaban J connectivity index is 1.58. The molecule has 5 heteroatoms. The lowest BCUT2D eigenvalue weighted by molar-refractivity contribution is 0.288. The molecular formula is C17H26N2O2S. The summed E-state index contributed by atoms with van der Waals surface area (Å²) in [6.07, 6.45) is 5.47. The largest absolute Gasteiger partial charge is 0.314 e. The lowest BCUT2D eigenvalue weighted by atomic mass is 10.1. The fraction of sp³-hybridized carbons (Fsp3) is 0.647. The minimum atomic E-state index is -3.32. The number of piperidine rings is 1. The molecule has 0 spiro atoms. The van der Waals surface area contributed by atoms with Gasteiger partial charge in [0.25, 0.3) is 0 Å². The molecule has 2 aliphatic rings. The summed E-state index contributed by atoms with van der Waals surface area (Å²) in [5.74, 6) is 0.874. The zero-order chi connectivity index (χ0) is 15.6. The maximum atomic E-state index is 12.7. The van der Waals surface area contributed by atoms with Crippen LogP contribution < -0.4 is 5.32 Å². The van der Waals surface area contributed by atoms with Gasteiger partial charge in [0.2, 0.25) is 10.0 Å². The Labute approximate surface area is 134 Å². The molecule has 0 unspecified atom stereocenters. The van der Waals surface area contributed by atoms with Gasteiger partial charge in [0, 0.05) is 19.1 Å². The first-order valence-electron chi connectivity index (χ1n) is 8.42. The van der Waals surface area contributed by atoms with E-state index in [9.17, 15) is 8.42 Å².